The lowest BCUT2D eigenvalue weighted by molar-refractivity contribution is 0.0699. The highest BCUT2D eigenvalue weighted by Gasteiger charge is 2.27. The van der Waals surface area contributed by atoms with Crippen LogP contribution in [0.1, 0.15) is 34.9 Å². The van der Waals surface area contributed by atoms with Crippen LogP contribution in [-0.4, -0.2) is 43.8 Å². The van der Waals surface area contributed by atoms with Gasteiger partial charge in [0.2, 0.25) is 5.88 Å². The van der Waals surface area contributed by atoms with E-state index >= 15 is 0 Å². The highest BCUT2D eigenvalue weighted by molar-refractivity contribution is 5.92. The highest BCUT2D eigenvalue weighted by atomic mass is 19.1. The quantitative estimate of drug-likeness (QED) is 0.692. The number of rotatable bonds is 4. The van der Waals surface area contributed by atoms with Crippen molar-refractivity contribution in [1.29, 1.82) is 0 Å². The molecule has 0 saturated carbocycles. The van der Waals surface area contributed by atoms with Crippen LogP contribution < -0.4 is 4.74 Å². The predicted molar refractivity (Wildman–Crippen MR) is 98.4 cm³/mol. The second-order valence-electron chi connectivity index (χ2n) is 6.52. The van der Waals surface area contributed by atoms with Gasteiger partial charge in [0.1, 0.15) is 17.3 Å². The number of hydrogen-bond donors (Lipinski definition) is 0. The van der Waals surface area contributed by atoms with Gasteiger partial charge in [-0.15, -0.1) is 0 Å². The van der Waals surface area contributed by atoms with Crippen molar-refractivity contribution >= 4 is 5.91 Å². The molecule has 1 aromatic carbocycles. The maximum atomic E-state index is 13.3. The lowest BCUT2D eigenvalue weighted by Gasteiger charge is -2.32. The van der Waals surface area contributed by atoms with Crippen LogP contribution in [0.5, 0.6) is 11.6 Å². The van der Waals surface area contributed by atoms with Gasteiger partial charge in [-0.3, -0.25) is 14.8 Å². The first-order valence-electron chi connectivity index (χ1n) is 9.00. The van der Waals surface area contributed by atoms with Crippen molar-refractivity contribution in [3.8, 4) is 11.6 Å². The van der Waals surface area contributed by atoms with Crippen LogP contribution in [0.3, 0.4) is 0 Å². The van der Waals surface area contributed by atoms with Crippen molar-refractivity contribution in [3.05, 3.63) is 72.5 Å². The van der Waals surface area contributed by atoms with Crippen LogP contribution in [0.2, 0.25) is 0 Å². The number of likely N-dealkylation sites (tertiary alicyclic amines) is 1. The zero-order valence-corrected chi connectivity index (χ0v) is 15.0. The van der Waals surface area contributed by atoms with Gasteiger partial charge in [0.15, 0.2) is 0 Å². The van der Waals surface area contributed by atoms with Gasteiger partial charge in [-0.25, -0.2) is 14.4 Å². The van der Waals surface area contributed by atoms with E-state index in [0.29, 0.717) is 30.4 Å². The fourth-order valence-corrected chi connectivity index (χ4v) is 3.23. The van der Waals surface area contributed by atoms with Gasteiger partial charge < -0.3 is 9.64 Å². The minimum atomic E-state index is -0.382. The molecule has 2 aromatic heterocycles. The van der Waals surface area contributed by atoms with Crippen LogP contribution in [0, 0.1) is 5.82 Å². The fourth-order valence-electron chi connectivity index (χ4n) is 3.23. The molecule has 0 radical (unpaired) electrons. The van der Waals surface area contributed by atoms with E-state index in [2.05, 4.69) is 19.9 Å². The lowest BCUT2D eigenvalue weighted by Crippen LogP contribution is -2.39. The molecule has 3 aromatic rings. The molecule has 1 aliphatic rings. The van der Waals surface area contributed by atoms with Crippen molar-refractivity contribution in [2.45, 2.75) is 18.8 Å². The second-order valence-corrected chi connectivity index (χ2v) is 6.52. The third kappa shape index (κ3) is 4.11. The van der Waals surface area contributed by atoms with Crippen molar-refractivity contribution in [3.63, 3.8) is 0 Å². The number of nitrogens with zero attached hydrogens (tertiary/aromatic N) is 5. The summed E-state index contributed by atoms with van der Waals surface area (Å²) in [7, 11) is 0. The van der Waals surface area contributed by atoms with Gasteiger partial charge in [0.05, 0.1) is 18.1 Å². The maximum Gasteiger partial charge on any atom is 0.274 e. The monoisotopic (exact) mass is 379 g/mol. The molecule has 7 nitrogen and oxygen atoms in total. The van der Waals surface area contributed by atoms with E-state index in [9.17, 15) is 9.18 Å². The Hall–Kier alpha value is -3.42. The average Bonchev–Trinajstić information content (AvgIpc) is 2.74. The summed E-state index contributed by atoms with van der Waals surface area (Å²) in [5.41, 5.74) is 1.07. The number of aromatic nitrogens is 4. The Morgan fingerprint density at radius 2 is 2.11 bits per heavy atom. The fraction of sp³-hybridized carbons (Fsp3) is 0.250. The first kappa shape index (κ1) is 18.0. The van der Waals surface area contributed by atoms with Crippen molar-refractivity contribution in [2.75, 3.05) is 13.1 Å². The number of ether oxygens (including phenoxy) is 1. The molecule has 1 amide bonds. The van der Waals surface area contributed by atoms with Gasteiger partial charge in [-0.05, 0) is 25.0 Å². The maximum absolute atomic E-state index is 13.3. The number of carbonyl (C=O) groups excluding carboxylic acids is 1. The Bertz CT molecular complexity index is 970. The number of carbonyl (C=O) groups is 1. The molecule has 0 unspecified atom stereocenters. The second kappa shape index (κ2) is 8.08. The summed E-state index contributed by atoms with van der Waals surface area (Å²) in [4.78, 5) is 31.2. The van der Waals surface area contributed by atoms with Gasteiger partial charge in [-0.2, -0.15) is 0 Å². The van der Waals surface area contributed by atoms with Gasteiger partial charge in [-0.1, -0.05) is 6.07 Å². The average molecular weight is 379 g/mol. The van der Waals surface area contributed by atoms with E-state index in [1.807, 2.05) is 0 Å². The number of hydrogen-bond acceptors (Lipinski definition) is 6. The summed E-state index contributed by atoms with van der Waals surface area (Å²) in [6, 6.07) is 5.86. The molecule has 4 rings (SSSR count). The Morgan fingerprint density at radius 3 is 2.93 bits per heavy atom. The summed E-state index contributed by atoms with van der Waals surface area (Å²) in [5, 5.41) is 0. The van der Waals surface area contributed by atoms with Gasteiger partial charge >= 0.3 is 0 Å². The topological polar surface area (TPSA) is 81.1 Å². The van der Waals surface area contributed by atoms with Crippen molar-refractivity contribution < 1.29 is 13.9 Å². The minimum Gasteiger partial charge on any atom is -0.437 e. The Kier molecular flexibility index (Phi) is 5.18. The normalized spacial score (nSPS) is 16.6. The van der Waals surface area contributed by atoms with E-state index in [1.165, 1.54) is 36.9 Å². The summed E-state index contributed by atoms with van der Waals surface area (Å²) in [6.45, 7) is 1.19. The van der Waals surface area contributed by atoms with E-state index in [0.717, 1.165) is 18.5 Å². The van der Waals surface area contributed by atoms with Crippen LogP contribution in [0.4, 0.5) is 4.39 Å². The molecule has 1 aliphatic heterocycles. The van der Waals surface area contributed by atoms with Crippen molar-refractivity contribution in [2.24, 2.45) is 0 Å². The van der Waals surface area contributed by atoms with Crippen LogP contribution >= 0.6 is 0 Å². The van der Waals surface area contributed by atoms with E-state index in [-0.39, 0.29) is 17.6 Å². The van der Waals surface area contributed by atoms with Crippen molar-refractivity contribution in [1.82, 2.24) is 24.8 Å². The molecule has 0 spiro atoms. The van der Waals surface area contributed by atoms with Gasteiger partial charge in [0, 0.05) is 43.7 Å². The molecular weight excluding hydrogens is 361 g/mol. The molecule has 8 heteroatoms. The molecule has 142 valence electrons. The SMILES string of the molecule is O=C(c1cnccn1)N1CCC[C@@H](c2cncc(Oc3cccc(F)c3)n2)C1. The number of piperidine rings is 1. The zero-order chi connectivity index (χ0) is 19.3. The molecule has 1 fully saturated rings. The highest BCUT2D eigenvalue weighted by Crippen LogP contribution is 2.28. The predicted octanol–water partition coefficient (Wildman–Crippen LogP) is 3.22. The number of benzene rings is 1. The Labute approximate surface area is 161 Å². The largest absolute Gasteiger partial charge is 0.437 e. The van der Waals surface area contributed by atoms with Gasteiger partial charge in [0.25, 0.3) is 5.91 Å². The first-order valence-corrected chi connectivity index (χ1v) is 9.00. The Balaban J connectivity index is 1.48. The van der Waals surface area contributed by atoms with E-state index < -0.39 is 0 Å². The standard InChI is InChI=1S/C20H18FN5O2/c21-15-4-1-5-16(9-15)28-19-12-23-10-17(25-19)14-3-2-8-26(13-14)20(27)18-11-22-6-7-24-18/h1,4-7,9-12,14H,2-3,8,13H2/t14-/m1/s1. The third-order valence-corrected chi connectivity index (χ3v) is 4.56. The van der Waals surface area contributed by atoms with E-state index in [1.54, 1.807) is 23.2 Å². The summed E-state index contributed by atoms with van der Waals surface area (Å²) in [6.07, 6.45) is 9.43. The zero-order valence-electron chi connectivity index (χ0n) is 15.0. The molecule has 1 atom stereocenters. The molecule has 3 heterocycles. The van der Waals surface area contributed by atoms with E-state index in [4.69, 9.17) is 4.74 Å². The van der Waals surface area contributed by atoms with Crippen LogP contribution in [0.25, 0.3) is 0 Å². The third-order valence-electron chi connectivity index (χ3n) is 4.56. The molecule has 0 bridgehead atoms. The number of halogens is 1. The lowest BCUT2D eigenvalue weighted by atomic mass is 9.95. The first-order chi connectivity index (χ1) is 13.7. The summed E-state index contributed by atoms with van der Waals surface area (Å²) >= 11 is 0. The minimum absolute atomic E-state index is 0.0398. The smallest absolute Gasteiger partial charge is 0.274 e. The van der Waals surface area contributed by atoms with Crippen LogP contribution in [0.15, 0.2) is 55.2 Å². The molecule has 0 N–H and O–H groups in total. The Morgan fingerprint density at radius 1 is 1.18 bits per heavy atom. The molecule has 1 saturated heterocycles. The van der Waals surface area contributed by atoms with Crippen LogP contribution in [-0.2, 0) is 0 Å². The molecule has 28 heavy (non-hydrogen) atoms. The molecular formula is C20H18FN5O2. The summed E-state index contributed by atoms with van der Waals surface area (Å²) in [5.74, 6) is 0.165. The molecule has 0 aliphatic carbocycles. The summed E-state index contributed by atoms with van der Waals surface area (Å²) < 4.78 is 19.0. The number of amides is 1.